The number of benzene rings is 2. The van der Waals surface area contributed by atoms with Gasteiger partial charge in [-0.1, -0.05) is 30.3 Å². The van der Waals surface area contributed by atoms with Crippen molar-refractivity contribution in [3.63, 3.8) is 0 Å². The lowest BCUT2D eigenvalue weighted by Crippen LogP contribution is -2.32. The van der Waals surface area contributed by atoms with E-state index in [9.17, 15) is 14.0 Å². The first-order valence-electron chi connectivity index (χ1n) is 13.7. The van der Waals surface area contributed by atoms with Crippen LogP contribution >= 0.6 is 0 Å². The summed E-state index contributed by atoms with van der Waals surface area (Å²) >= 11 is 0. The highest BCUT2D eigenvalue weighted by Gasteiger charge is 2.28. The van der Waals surface area contributed by atoms with Crippen molar-refractivity contribution in [1.29, 1.82) is 0 Å². The Morgan fingerprint density at radius 3 is 2.64 bits per heavy atom. The van der Waals surface area contributed by atoms with Crippen LogP contribution in [0.1, 0.15) is 11.1 Å². The Balaban J connectivity index is 1.25. The first kappa shape index (κ1) is 25.5. The van der Waals surface area contributed by atoms with Crippen molar-refractivity contribution in [3.8, 4) is 11.1 Å². The lowest BCUT2D eigenvalue weighted by atomic mass is 10.0. The van der Waals surface area contributed by atoms with E-state index in [2.05, 4.69) is 15.4 Å². The van der Waals surface area contributed by atoms with E-state index in [1.54, 1.807) is 30.6 Å². The van der Waals surface area contributed by atoms with Crippen LogP contribution in [0.3, 0.4) is 0 Å². The first-order chi connectivity index (χ1) is 20.5. The number of hydrogen-bond acceptors (Lipinski definition) is 5. The number of H-pyrrole nitrogens is 1. The Hall–Kier alpha value is -5.44. The molecule has 0 fully saturated rings. The summed E-state index contributed by atoms with van der Waals surface area (Å²) in [5.41, 5.74) is 5.80. The molecule has 0 saturated carbocycles. The normalized spacial score (nSPS) is 13.7. The molecule has 0 unspecified atom stereocenters. The predicted octanol–water partition coefficient (Wildman–Crippen LogP) is 3.23. The average Bonchev–Trinajstić information content (AvgIpc) is 3.52. The summed E-state index contributed by atoms with van der Waals surface area (Å²) in [7, 11) is 1.86. The van der Waals surface area contributed by atoms with E-state index in [-0.39, 0.29) is 17.3 Å². The molecule has 0 atom stereocenters. The maximum Gasteiger partial charge on any atom is 0.258 e. The van der Waals surface area contributed by atoms with Crippen LogP contribution in [0, 0.1) is 5.82 Å². The summed E-state index contributed by atoms with van der Waals surface area (Å²) in [6, 6.07) is 20.2. The standard InChI is InChI=1S/C33H27FN6O2/c1-38-15-13-26(32(41)35-17-22-18-36-39(20-22)19-21-5-3-2-4-6-21)25-11-12-28-29-27(37-33(42)30(29)31(25)38)14-16-40(28)24-9-7-23(34)8-10-24/h2-15,18,20H,16-17,19H2,1H3,(H,35,41)(H,37,42). The van der Waals surface area contributed by atoms with Gasteiger partial charge >= 0.3 is 0 Å². The number of nitrogens with one attached hydrogen (secondary N) is 2. The Bertz CT molecular complexity index is 2010. The molecule has 1 aromatic heterocycles. The number of hydrogen-bond donors (Lipinski definition) is 2. The number of aromatic nitrogens is 3. The first-order valence-corrected chi connectivity index (χ1v) is 13.7. The SMILES string of the molecule is CN1C=CC(C(=O)NCc2cnn(Cc3ccccc3)c2)=c2ccc3c4c([nH]c(=O)c-4c21)=CCN3c1ccc(F)cc1. The second-order valence-corrected chi connectivity index (χ2v) is 10.4. The summed E-state index contributed by atoms with van der Waals surface area (Å²) in [4.78, 5) is 33.9. The monoisotopic (exact) mass is 558 g/mol. The topological polar surface area (TPSA) is 86.3 Å². The number of anilines is 3. The zero-order valence-electron chi connectivity index (χ0n) is 22.8. The van der Waals surface area contributed by atoms with Crippen molar-refractivity contribution < 1.29 is 9.18 Å². The molecule has 1 amide bonds. The fourth-order valence-electron chi connectivity index (χ4n) is 5.74. The zero-order chi connectivity index (χ0) is 28.8. The van der Waals surface area contributed by atoms with Gasteiger partial charge in [-0.05, 0) is 54.1 Å². The number of aromatic amines is 1. The minimum atomic E-state index is -0.315. The number of amides is 1. The number of fused-ring (bicyclic) bond motifs is 2. The molecule has 0 spiro atoms. The smallest absolute Gasteiger partial charge is 0.258 e. The highest BCUT2D eigenvalue weighted by molar-refractivity contribution is 6.18. The van der Waals surface area contributed by atoms with Gasteiger partial charge in [0.1, 0.15) is 5.82 Å². The largest absolute Gasteiger partial charge is 0.350 e. The molecule has 3 aliphatic heterocycles. The maximum atomic E-state index is 13.7. The number of halogens is 1. The zero-order valence-corrected chi connectivity index (χ0v) is 22.8. The number of rotatable bonds is 6. The fourth-order valence-corrected chi connectivity index (χ4v) is 5.74. The van der Waals surface area contributed by atoms with Gasteiger partial charge in [-0.25, -0.2) is 4.39 Å². The Labute approximate surface area is 240 Å². The summed E-state index contributed by atoms with van der Waals surface area (Å²) in [5.74, 6) is -0.568. The lowest BCUT2D eigenvalue weighted by Gasteiger charge is -2.27. The van der Waals surface area contributed by atoms with Crippen LogP contribution in [0.4, 0.5) is 21.5 Å². The Kier molecular flexibility index (Phi) is 6.19. The molecule has 0 saturated heterocycles. The molecule has 208 valence electrons. The van der Waals surface area contributed by atoms with Gasteiger partial charge in [0.25, 0.3) is 11.5 Å². The van der Waals surface area contributed by atoms with E-state index in [1.165, 1.54) is 12.1 Å². The second kappa shape index (κ2) is 10.2. The van der Waals surface area contributed by atoms with Crippen LogP contribution in [0.5, 0.6) is 0 Å². The predicted molar refractivity (Wildman–Crippen MR) is 161 cm³/mol. The molecule has 8 nitrogen and oxygen atoms in total. The molecule has 1 aliphatic carbocycles. The van der Waals surface area contributed by atoms with Gasteiger partial charge in [0.15, 0.2) is 0 Å². The second-order valence-electron chi connectivity index (χ2n) is 10.4. The quantitative estimate of drug-likeness (QED) is 0.334. The van der Waals surface area contributed by atoms with E-state index in [0.29, 0.717) is 41.7 Å². The van der Waals surface area contributed by atoms with E-state index in [4.69, 9.17) is 0 Å². The van der Waals surface area contributed by atoms with Crippen LogP contribution in [0.25, 0.3) is 22.8 Å². The number of carbonyl (C=O) groups excluding carboxylic acids is 1. The molecule has 3 aromatic rings. The molecule has 0 radical (unpaired) electrons. The minimum absolute atomic E-state index is 0.223. The van der Waals surface area contributed by atoms with Crippen LogP contribution in [-0.2, 0) is 17.9 Å². The summed E-state index contributed by atoms with van der Waals surface area (Å²) in [6.45, 7) is 1.46. The van der Waals surface area contributed by atoms with Crippen molar-refractivity contribution in [2.75, 3.05) is 23.4 Å². The van der Waals surface area contributed by atoms with E-state index in [0.717, 1.165) is 33.4 Å². The third-order valence-corrected chi connectivity index (χ3v) is 7.74. The van der Waals surface area contributed by atoms with E-state index < -0.39 is 0 Å². The van der Waals surface area contributed by atoms with Gasteiger partial charge in [-0.15, -0.1) is 0 Å². The Morgan fingerprint density at radius 2 is 1.83 bits per heavy atom. The van der Waals surface area contributed by atoms with Gasteiger partial charge in [-0.3, -0.25) is 14.3 Å². The molecule has 4 aliphatic rings. The summed E-state index contributed by atoms with van der Waals surface area (Å²) in [5, 5.41) is 8.85. The highest BCUT2D eigenvalue weighted by Crippen LogP contribution is 2.37. The highest BCUT2D eigenvalue weighted by atomic mass is 19.1. The molecule has 42 heavy (non-hydrogen) atoms. The van der Waals surface area contributed by atoms with Gasteiger partial charge < -0.3 is 20.1 Å². The van der Waals surface area contributed by atoms with Crippen LogP contribution in [0.15, 0.2) is 96.2 Å². The van der Waals surface area contributed by atoms with Crippen molar-refractivity contribution >= 4 is 34.6 Å². The van der Waals surface area contributed by atoms with Crippen LogP contribution in [-0.4, -0.2) is 34.3 Å². The molecule has 7 rings (SSSR count). The van der Waals surface area contributed by atoms with E-state index in [1.807, 2.05) is 76.3 Å². The van der Waals surface area contributed by atoms with Gasteiger partial charge in [0.05, 0.1) is 35.3 Å². The number of nitrogens with zero attached hydrogens (tertiary/aromatic N) is 4. The average molecular weight is 559 g/mol. The van der Waals surface area contributed by atoms with Gasteiger partial charge in [-0.2, -0.15) is 5.10 Å². The van der Waals surface area contributed by atoms with Crippen molar-refractivity contribution in [1.82, 2.24) is 20.1 Å². The van der Waals surface area contributed by atoms with Crippen molar-refractivity contribution in [2.24, 2.45) is 0 Å². The van der Waals surface area contributed by atoms with Crippen molar-refractivity contribution in [2.45, 2.75) is 13.1 Å². The molecule has 9 heteroatoms. The summed E-state index contributed by atoms with van der Waals surface area (Å²) in [6.07, 6.45) is 9.20. The molecular formula is C33H27FN6O2. The summed E-state index contributed by atoms with van der Waals surface area (Å²) < 4.78 is 15.5. The van der Waals surface area contributed by atoms with Crippen LogP contribution < -0.4 is 31.2 Å². The van der Waals surface area contributed by atoms with Crippen LogP contribution in [0.2, 0.25) is 0 Å². The third-order valence-electron chi connectivity index (χ3n) is 7.74. The maximum absolute atomic E-state index is 13.7. The molecular weight excluding hydrogens is 531 g/mol. The third kappa shape index (κ3) is 4.45. The lowest BCUT2D eigenvalue weighted by molar-refractivity contribution is -0.115. The number of carbonyl (C=O) groups is 1. The fraction of sp³-hybridized carbons (Fsp3) is 0.121. The van der Waals surface area contributed by atoms with E-state index >= 15 is 0 Å². The van der Waals surface area contributed by atoms with Crippen molar-refractivity contribution in [3.05, 3.63) is 129 Å². The molecule has 2 N–H and O–H groups in total. The molecule has 2 aromatic carbocycles. The molecule has 4 heterocycles. The molecule has 0 bridgehead atoms. The van der Waals surface area contributed by atoms with Gasteiger partial charge in [0.2, 0.25) is 0 Å². The minimum Gasteiger partial charge on any atom is -0.350 e. The van der Waals surface area contributed by atoms with Gasteiger partial charge in [0, 0.05) is 59.9 Å². The Morgan fingerprint density at radius 1 is 1.02 bits per heavy atom.